The van der Waals surface area contributed by atoms with E-state index in [1.165, 1.54) is 5.56 Å². The Bertz CT molecular complexity index is 880. The first-order valence-corrected chi connectivity index (χ1v) is 9.63. The molecule has 0 radical (unpaired) electrons. The molecule has 3 unspecified atom stereocenters. The maximum Gasteiger partial charge on any atom is 0.315 e. The molecule has 3 atom stereocenters. The monoisotopic (exact) mass is 342 g/mol. The highest BCUT2D eigenvalue weighted by Gasteiger charge is 2.40. The molecule has 24 heavy (non-hydrogen) atoms. The summed E-state index contributed by atoms with van der Waals surface area (Å²) in [6.07, 6.45) is 0.914. The van der Waals surface area contributed by atoms with Gasteiger partial charge in [-0.2, -0.15) is 0 Å². The van der Waals surface area contributed by atoms with Gasteiger partial charge in [0.1, 0.15) is 0 Å². The van der Waals surface area contributed by atoms with Gasteiger partial charge >= 0.3 is 6.03 Å². The Kier molecular flexibility index (Phi) is 3.57. The molecule has 2 amide bonds. The summed E-state index contributed by atoms with van der Waals surface area (Å²) in [6.45, 7) is 0. The summed E-state index contributed by atoms with van der Waals surface area (Å²) < 4.78 is 24.3. The van der Waals surface area contributed by atoms with Crippen molar-refractivity contribution in [2.24, 2.45) is 0 Å². The van der Waals surface area contributed by atoms with Crippen molar-refractivity contribution >= 4 is 15.9 Å². The zero-order valence-electron chi connectivity index (χ0n) is 13.0. The van der Waals surface area contributed by atoms with Crippen LogP contribution in [0.5, 0.6) is 0 Å². The molecular weight excluding hydrogens is 324 g/mol. The van der Waals surface area contributed by atoms with Gasteiger partial charge in [-0.1, -0.05) is 48.5 Å². The number of rotatable bonds is 3. The lowest BCUT2D eigenvalue weighted by Gasteiger charge is -2.13. The van der Waals surface area contributed by atoms with Crippen molar-refractivity contribution in [3.05, 3.63) is 65.7 Å². The summed E-state index contributed by atoms with van der Waals surface area (Å²) in [7, 11) is -3.31. The molecule has 0 saturated heterocycles. The Morgan fingerprint density at radius 1 is 0.958 bits per heavy atom. The Morgan fingerprint density at radius 3 is 2.46 bits per heavy atom. The van der Waals surface area contributed by atoms with Gasteiger partial charge in [-0.15, -0.1) is 0 Å². The van der Waals surface area contributed by atoms with E-state index in [4.69, 9.17) is 0 Å². The molecule has 1 aliphatic heterocycles. The first-order chi connectivity index (χ1) is 11.5. The number of carbonyl (C=O) groups excluding carboxylic acids is 1. The molecule has 0 spiro atoms. The lowest BCUT2D eigenvalue weighted by Crippen LogP contribution is -2.40. The fraction of sp³-hybridized carbons (Fsp3) is 0.278. The fourth-order valence-corrected chi connectivity index (χ4v) is 5.10. The van der Waals surface area contributed by atoms with Crippen LogP contribution >= 0.6 is 0 Å². The Morgan fingerprint density at radius 2 is 1.67 bits per heavy atom. The molecule has 1 saturated carbocycles. The SMILES string of the molecule is O=C(NC1CS(=O)(=O)c2ccccc21)NC1CC1c1ccccc1. The van der Waals surface area contributed by atoms with E-state index in [0.717, 1.165) is 6.42 Å². The van der Waals surface area contributed by atoms with Crippen molar-refractivity contribution in [3.8, 4) is 0 Å². The third-order valence-corrected chi connectivity index (χ3v) is 6.47. The molecule has 124 valence electrons. The summed E-state index contributed by atoms with van der Waals surface area (Å²) in [5, 5.41) is 5.75. The topological polar surface area (TPSA) is 75.3 Å². The smallest absolute Gasteiger partial charge is 0.315 e. The average Bonchev–Trinajstić information content (AvgIpc) is 3.28. The van der Waals surface area contributed by atoms with Crippen molar-refractivity contribution in [1.29, 1.82) is 0 Å². The quantitative estimate of drug-likeness (QED) is 0.899. The Balaban J connectivity index is 1.40. The van der Waals surface area contributed by atoms with Crippen LogP contribution in [0.4, 0.5) is 4.79 Å². The van der Waals surface area contributed by atoms with E-state index in [1.54, 1.807) is 24.3 Å². The second-order valence-electron chi connectivity index (χ2n) is 6.35. The highest BCUT2D eigenvalue weighted by atomic mass is 32.2. The van der Waals surface area contributed by atoms with E-state index in [9.17, 15) is 13.2 Å². The Labute approximate surface area is 141 Å². The van der Waals surface area contributed by atoms with Gasteiger partial charge in [0.15, 0.2) is 9.84 Å². The molecule has 6 heteroatoms. The molecule has 0 aromatic heterocycles. The maximum atomic E-state index is 12.2. The van der Waals surface area contributed by atoms with E-state index in [0.29, 0.717) is 16.4 Å². The largest absolute Gasteiger partial charge is 0.335 e. The van der Waals surface area contributed by atoms with Crippen LogP contribution in [0.2, 0.25) is 0 Å². The number of amides is 2. The molecule has 1 heterocycles. The van der Waals surface area contributed by atoms with Crippen molar-refractivity contribution in [2.45, 2.75) is 29.3 Å². The van der Waals surface area contributed by atoms with Crippen LogP contribution in [-0.4, -0.2) is 26.2 Å². The maximum absolute atomic E-state index is 12.2. The first-order valence-electron chi connectivity index (χ1n) is 7.98. The molecule has 2 aromatic rings. The summed E-state index contributed by atoms with van der Waals surface area (Å²) >= 11 is 0. The van der Waals surface area contributed by atoms with E-state index in [2.05, 4.69) is 22.8 Å². The minimum Gasteiger partial charge on any atom is -0.335 e. The van der Waals surface area contributed by atoms with Crippen molar-refractivity contribution < 1.29 is 13.2 Å². The van der Waals surface area contributed by atoms with Gasteiger partial charge in [-0.3, -0.25) is 0 Å². The van der Waals surface area contributed by atoms with Crippen molar-refractivity contribution in [2.75, 3.05) is 5.75 Å². The molecule has 1 fully saturated rings. The van der Waals surface area contributed by atoms with Crippen LogP contribution in [0.25, 0.3) is 0 Å². The normalized spacial score (nSPS) is 26.4. The first kappa shape index (κ1) is 15.2. The van der Waals surface area contributed by atoms with Gasteiger partial charge < -0.3 is 10.6 Å². The zero-order valence-corrected chi connectivity index (χ0v) is 13.8. The summed E-state index contributed by atoms with van der Waals surface area (Å²) in [4.78, 5) is 12.6. The van der Waals surface area contributed by atoms with Gasteiger partial charge in [-0.25, -0.2) is 13.2 Å². The highest BCUT2D eigenvalue weighted by molar-refractivity contribution is 7.91. The number of nitrogens with one attached hydrogen (secondary N) is 2. The van der Waals surface area contributed by atoms with Crippen LogP contribution in [0.3, 0.4) is 0 Å². The van der Waals surface area contributed by atoms with Crippen molar-refractivity contribution in [3.63, 3.8) is 0 Å². The van der Waals surface area contributed by atoms with Crippen molar-refractivity contribution in [1.82, 2.24) is 10.6 Å². The highest BCUT2D eigenvalue weighted by Crippen LogP contribution is 2.40. The summed E-state index contributed by atoms with van der Waals surface area (Å²) in [5.41, 5.74) is 1.89. The van der Waals surface area contributed by atoms with E-state index in [1.807, 2.05) is 18.2 Å². The Hall–Kier alpha value is -2.34. The van der Waals surface area contributed by atoms with Crippen LogP contribution in [-0.2, 0) is 9.84 Å². The predicted molar refractivity (Wildman–Crippen MR) is 90.5 cm³/mol. The zero-order chi connectivity index (χ0) is 16.7. The number of carbonyl (C=O) groups is 1. The van der Waals surface area contributed by atoms with Crippen LogP contribution < -0.4 is 10.6 Å². The summed E-state index contributed by atoms with van der Waals surface area (Å²) in [5.74, 6) is 0.267. The van der Waals surface area contributed by atoms with E-state index < -0.39 is 15.9 Å². The van der Waals surface area contributed by atoms with Gasteiger partial charge in [0.2, 0.25) is 0 Å². The minimum absolute atomic E-state index is 0.0768. The fourth-order valence-electron chi connectivity index (χ4n) is 3.36. The number of benzene rings is 2. The second kappa shape index (κ2) is 5.63. The van der Waals surface area contributed by atoms with E-state index in [-0.39, 0.29) is 17.8 Å². The van der Waals surface area contributed by atoms with Gasteiger partial charge in [0.05, 0.1) is 16.7 Å². The van der Waals surface area contributed by atoms with Gasteiger partial charge in [0.25, 0.3) is 0 Å². The molecule has 5 nitrogen and oxygen atoms in total. The number of urea groups is 1. The molecular formula is C18H18N2O3S. The number of sulfone groups is 1. The molecule has 0 bridgehead atoms. The van der Waals surface area contributed by atoms with Gasteiger partial charge in [-0.05, 0) is 23.6 Å². The lowest BCUT2D eigenvalue weighted by molar-refractivity contribution is 0.237. The molecule has 4 rings (SSSR count). The second-order valence-corrected chi connectivity index (χ2v) is 8.35. The third kappa shape index (κ3) is 2.78. The summed E-state index contributed by atoms with van der Waals surface area (Å²) in [6, 6.07) is 16.2. The molecule has 1 aliphatic carbocycles. The van der Waals surface area contributed by atoms with Gasteiger partial charge in [0, 0.05) is 12.0 Å². The number of hydrogen-bond acceptors (Lipinski definition) is 3. The molecule has 2 N–H and O–H groups in total. The van der Waals surface area contributed by atoms with Crippen LogP contribution in [0.1, 0.15) is 29.5 Å². The number of fused-ring (bicyclic) bond motifs is 1. The molecule has 2 aromatic carbocycles. The lowest BCUT2D eigenvalue weighted by atomic mass is 10.1. The molecule has 2 aliphatic rings. The minimum atomic E-state index is -3.31. The van der Waals surface area contributed by atoms with E-state index >= 15 is 0 Å². The standard InChI is InChI=1S/C18H18N2O3S/c21-18(19-15-10-14(15)12-6-2-1-3-7-12)20-16-11-24(22,23)17-9-5-4-8-13(16)17/h1-9,14-16H,10-11H2,(H2,19,20,21). The predicted octanol–water partition coefficient (Wildman–Crippen LogP) is 2.37. The number of hydrogen-bond donors (Lipinski definition) is 2. The average molecular weight is 342 g/mol. The van der Waals surface area contributed by atoms with Crippen LogP contribution in [0, 0.1) is 0 Å². The van der Waals surface area contributed by atoms with Crippen LogP contribution in [0.15, 0.2) is 59.5 Å². The third-order valence-electron chi connectivity index (χ3n) is 4.66.